The van der Waals surface area contributed by atoms with E-state index in [4.69, 9.17) is 15.2 Å². The number of nitrogens with zero attached hydrogens (tertiary/aromatic N) is 4. The van der Waals surface area contributed by atoms with Crippen LogP contribution in [0.5, 0.6) is 11.5 Å². The Morgan fingerprint density at radius 3 is 2.41 bits per heavy atom. The zero-order valence-electron chi connectivity index (χ0n) is 16.3. The third-order valence-electron chi connectivity index (χ3n) is 4.63. The number of methoxy groups -OCH3 is 2. The van der Waals surface area contributed by atoms with Crippen molar-refractivity contribution >= 4 is 22.7 Å². The van der Waals surface area contributed by atoms with Gasteiger partial charge in [0.05, 0.1) is 26.1 Å². The van der Waals surface area contributed by atoms with Gasteiger partial charge < -0.3 is 25.1 Å². The van der Waals surface area contributed by atoms with Crippen molar-refractivity contribution in [3.05, 3.63) is 66.2 Å². The van der Waals surface area contributed by atoms with E-state index in [-0.39, 0.29) is 0 Å². The minimum atomic E-state index is 0.383. The Morgan fingerprint density at radius 2 is 1.72 bits per heavy atom. The van der Waals surface area contributed by atoms with E-state index < -0.39 is 0 Å². The van der Waals surface area contributed by atoms with E-state index >= 15 is 0 Å². The van der Waals surface area contributed by atoms with Crippen molar-refractivity contribution in [3.8, 4) is 11.5 Å². The summed E-state index contributed by atoms with van der Waals surface area (Å²) in [6.07, 6.45) is 5.53. The van der Waals surface area contributed by atoms with Crippen LogP contribution in [0, 0.1) is 0 Å². The number of nitrogens with one attached hydrogen (secondary N) is 1. The molecule has 0 aliphatic carbocycles. The fraction of sp³-hybridized carbons (Fsp3) is 0.190. The molecule has 0 amide bonds. The number of fused-ring (bicyclic) bond motifs is 1. The summed E-state index contributed by atoms with van der Waals surface area (Å²) >= 11 is 0. The first kappa shape index (κ1) is 18.5. The van der Waals surface area contributed by atoms with Gasteiger partial charge in [0, 0.05) is 36.9 Å². The molecular formula is C21H22N6O2. The van der Waals surface area contributed by atoms with Crippen molar-refractivity contribution < 1.29 is 9.47 Å². The third-order valence-corrected chi connectivity index (χ3v) is 4.63. The molecule has 0 fully saturated rings. The van der Waals surface area contributed by atoms with E-state index in [0.717, 1.165) is 17.5 Å². The van der Waals surface area contributed by atoms with E-state index in [1.807, 2.05) is 17.1 Å². The fourth-order valence-corrected chi connectivity index (χ4v) is 3.09. The predicted octanol–water partition coefficient (Wildman–Crippen LogP) is 3.09. The topological polar surface area (TPSA) is 100 Å². The second-order valence-corrected chi connectivity index (χ2v) is 6.56. The van der Waals surface area contributed by atoms with Gasteiger partial charge in [-0.05, 0) is 17.2 Å². The molecule has 4 aromatic rings. The molecule has 2 heterocycles. The average molecular weight is 390 g/mol. The van der Waals surface area contributed by atoms with E-state index in [2.05, 4.69) is 44.5 Å². The molecule has 8 nitrogen and oxygen atoms in total. The lowest BCUT2D eigenvalue weighted by molar-refractivity contribution is 0.356. The summed E-state index contributed by atoms with van der Waals surface area (Å²) in [5, 5.41) is 3.96. The quantitative estimate of drug-likeness (QED) is 0.500. The highest BCUT2D eigenvalue weighted by Crippen LogP contribution is 2.33. The molecule has 3 N–H and O–H groups in total. The predicted molar refractivity (Wildman–Crippen MR) is 112 cm³/mol. The molecule has 8 heteroatoms. The van der Waals surface area contributed by atoms with Crippen molar-refractivity contribution in [3.63, 3.8) is 0 Å². The molecule has 0 unspecified atom stereocenters. The van der Waals surface area contributed by atoms with E-state index in [0.29, 0.717) is 35.3 Å². The molecule has 0 atom stereocenters. The van der Waals surface area contributed by atoms with Gasteiger partial charge in [0.2, 0.25) is 5.95 Å². The van der Waals surface area contributed by atoms with Crippen LogP contribution in [0.25, 0.3) is 10.9 Å². The van der Waals surface area contributed by atoms with Crippen molar-refractivity contribution in [2.24, 2.45) is 0 Å². The zero-order chi connectivity index (χ0) is 20.2. The number of anilines is 2. The highest BCUT2D eigenvalue weighted by atomic mass is 16.5. The molecule has 4 rings (SSSR count). The lowest BCUT2D eigenvalue weighted by atomic mass is 10.1. The SMILES string of the molecule is COc1cc2nc(NCc3ccc(Cn4ccnc4)cc3)nc(N)c2cc1OC. The number of ether oxygens (including phenoxy) is 2. The molecule has 0 saturated carbocycles. The van der Waals surface area contributed by atoms with Gasteiger partial charge in [-0.3, -0.25) is 0 Å². The molecular weight excluding hydrogens is 368 g/mol. The second-order valence-electron chi connectivity index (χ2n) is 6.56. The number of rotatable bonds is 7. The van der Waals surface area contributed by atoms with Crippen LogP contribution in [0.15, 0.2) is 55.1 Å². The van der Waals surface area contributed by atoms with Gasteiger partial charge in [-0.15, -0.1) is 0 Å². The molecule has 0 spiro atoms. The molecule has 0 aliphatic heterocycles. The first-order valence-electron chi connectivity index (χ1n) is 9.13. The first-order chi connectivity index (χ1) is 14.2. The summed E-state index contributed by atoms with van der Waals surface area (Å²) < 4.78 is 12.7. The highest BCUT2D eigenvalue weighted by molar-refractivity contribution is 5.91. The van der Waals surface area contributed by atoms with E-state index in [1.54, 1.807) is 32.5 Å². The molecule has 2 aromatic carbocycles. The van der Waals surface area contributed by atoms with Crippen LogP contribution >= 0.6 is 0 Å². The van der Waals surface area contributed by atoms with Crippen LogP contribution in [0.1, 0.15) is 11.1 Å². The first-order valence-corrected chi connectivity index (χ1v) is 9.13. The van der Waals surface area contributed by atoms with Crippen molar-refractivity contribution in [1.82, 2.24) is 19.5 Å². The van der Waals surface area contributed by atoms with Crippen LogP contribution in [0.2, 0.25) is 0 Å². The summed E-state index contributed by atoms with van der Waals surface area (Å²) in [4.78, 5) is 13.0. The third kappa shape index (κ3) is 4.06. The largest absolute Gasteiger partial charge is 0.493 e. The molecule has 0 bridgehead atoms. The summed E-state index contributed by atoms with van der Waals surface area (Å²) in [5.41, 5.74) is 9.15. The van der Waals surface area contributed by atoms with Crippen LogP contribution < -0.4 is 20.5 Å². The number of hydrogen-bond donors (Lipinski definition) is 2. The van der Waals surface area contributed by atoms with Gasteiger partial charge in [0.1, 0.15) is 5.82 Å². The molecule has 29 heavy (non-hydrogen) atoms. The van der Waals surface area contributed by atoms with E-state index in [9.17, 15) is 0 Å². The lowest BCUT2D eigenvalue weighted by Crippen LogP contribution is -2.06. The Balaban J connectivity index is 1.49. The van der Waals surface area contributed by atoms with Gasteiger partial charge in [-0.2, -0.15) is 4.98 Å². The average Bonchev–Trinajstić information content (AvgIpc) is 3.25. The maximum Gasteiger partial charge on any atom is 0.225 e. The Labute approximate surface area is 168 Å². The van der Waals surface area contributed by atoms with Crippen molar-refractivity contribution in [2.45, 2.75) is 13.1 Å². The van der Waals surface area contributed by atoms with Crippen LogP contribution in [0.3, 0.4) is 0 Å². The van der Waals surface area contributed by atoms with Gasteiger partial charge >= 0.3 is 0 Å². The van der Waals surface area contributed by atoms with Crippen molar-refractivity contribution in [1.29, 1.82) is 0 Å². The van der Waals surface area contributed by atoms with Gasteiger partial charge in [-0.1, -0.05) is 24.3 Å². The highest BCUT2D eigenvalue weighted by Gasteiger charge is 2.11. The number of benzene rings is 2. The van der Waals surface area contributed by atoms with Crippen molar-refractivity contribution in [2.75, 3.05) is 25.3 Å². The Hall–Kier alpha value is -3.81. The molecule has 0 radical (unpaired) electrons. The maximum atomic E-state index is 6.13. The molecule has 148 valence electrons. The molecule has 0 aliphatic rings. The number of imidazole rings is 1. The van der Waals surface area contributed by atoms with Crippen LogP contribution in [-0.2, 0) is 13.1 Å². The number of aromatic nitrogens is 4. The van der Waals surface area contributed by atoms with Gasteiger partial charge in [0.15, 0.2) is 11.5 Å². The smallest absolute Gasteiger partial charge is 0.225 e. The Bertz CT molecular complexity index is 1110. The summed E-state index contributed by atoms with van der Waals surface area (Å²) in [6, 6.07) is 11.9. The minimum Gasteiger partial charge on any atom is -0.493 e. The monoisotopic (exact) mass is 390 g/mol. The lowest BCUT2D eigenvalue weighted by Gasteiger charge is -2.12. The second kappa shape index (κ2) is 8.05. The molecule has 2 aromatic heterocycles. The summed E-state index contributed by atoms with van der Waals surface area (Å²) in [7, 11) is 3.17. The van der Waals surface area contributed by atoms with Crippen LogP contribution in [0.4, 0.5) is 11.8 Å². The number of hydrogen-bond acceptors (Lipinski definition) is 7. The summed E-state index contributed by atoms with van der Waals surface area (Å²) in [5.74, 6) is 2.03. The maximum absolute atomic E-state index is 6.13. The normalized spacial score (nSPS) is 10.8. The van der Waals surface area contributed by atoms with E-state index in [1.165, 1.54) is 5.56 Å². The number of nitrogen functional groups attached to an aromatic ring is 1. The zero-order valence-corrected chi connectivity index (χ0v) is 16.3. The van der Waals surface area contributed by atoms with Gasteiger partial charge in [0.25, 0.3) is 0 Å². The van der Waals surface area contributed by atoms with Gasteiger partial charge in [-0.25, -0.2) is 9.97 Å². The fourth-order valence-electron chi connectivity index (χ4n) is 3.09. The number of nitrogens with two attached hydrogens (primary N) is 1. The molecule has 0 saturated heterocycles. The Kier molecular flexibility index (Phi) is 5.15. The standard InChI is InChI=1S/C21H22N6O2/c1-28-18-9-16-17(10-19(18)29-2)25-21(26-20(16)22)24-11-14-3-5-15(6-4-14)12-27-8-7-23-13-27/h3-10,13H,11-12H2,1-2H3,(H3,22,24,25,26). The summed E-state index contributed by atoms with van der Waals surface area (Å²) in [6.45, 7) is 1.38. The Morgan fingerprint density at radius 1 is 1.00 bits per heavy atom. The minimum absolute atomic E-state index is 0.383. The van der Waals surface area contributed by atoms with Crippen LogP contribution in [-0.4, -0.2) is 33.7 Å².